The van der Waals surface area contributed by atoms with E-state index in [2.05, 4.69) is 15.1 Å². The van der Waals surface area contributed by atoms with E-state index in [0.29, 0.717) is 15.6 Å². The summed E-state index contributed by atoms with van der Waals surface area (Å²) >= 11 is 0.288. The Balaban J connectivity index is 1.73. The van der Waals surface area contributed by atoms with Gasteiger partial charge < -0.3 is 16.0 Å². The zero-order chi connectivity index (χ0) is 20.1. The number of hydrogen-bond donors (Lipinski definition) is 2. The van der Waals surface area contributed by atoms with Gasteiger partial charge in [-0.25, -0.2) is 15.0 Å². The maximum Gasteiger partial charge on any atom is 0.232 e. The third kappa shape index (κ3) is 3.13. The van der Waals surface area contributed by atoms with Crippen molar-refractivity contribution in [2.45, 2.75) is 28.7 Å². The van der Waals surface area contributed by atoms with Crippen LogP contribution in [0.15, 0.2) is 34.9 Å². The average molecular weight is 426 g/mol. The molecule has 29 heavy (non-hydrogen) atoms. The van der Waals surface area contributed by atoms with E-state index in [9.17, 15) is 4.55 Å². The number of hydrogen-bond acceptors (Lipinski definition) is 8. The van der Waals surface area contributed by atoms with Crippen LogP contribution >= 0.6 is 11.3 Å². The number of pyridine rings is 1. The molecular formula is C19H19N7OS2. The zero-order valence-corrected chi connectivity index (χ0v) is 17.3. The van der Waals surface area contributed by atoms with Gasteiger partial charge in [-0.15, -0.1) is 0 Å². The van der Waals surface area contributed by atoms with E-state index in [4.69, 9.17) is 16.5 Å². The molecule has 4 heterocycles. The van der Waals surface area contributed by atoms with Crippen molar-refractivity contribution in [1.82, 2.24) is 24.7 Å². The number of anilines is 2. The highest BCUT2D eigenvalue weighted by molar-refractivity contribution is 7.94. The fraction of sp³-hybridized carbons (Fsp3) is 0.263. The Bertz CT molecular complexity index is 1200. The maximum atomic E-state index is 13.0. The quantitative estimate of drug-likeness (QED) is 0.480. The van der Waals surface area contributed by atoms with E-state index in [1.807, 2.05) is 25.4 Å². The van der Waals surface area contributed by atoms with Crippen molar-refractivity contribution < 1.29 is 4.55 Å². The molecule has 1 aliphatic rings. The number of rotatable bonds is 4. The second-order valence-corrected chi connectivity index (χ2v) is 10.0. The van der Waals surface area contributed by atoms with Crippen molar-refractivity contribution in [3.8, 4) is 22.5 Å². The molecule has 0 saturated heterocycles. The average Bonchev–Trinajstić information content (AvgIpc) is 3.24. The van der Waals surface area contributed by atoms with Crippen molar-refractivity contribution in [3.05, 3.63) is 30.7 Å². The standard InChI is InChI=1S/C19H19N7OS2/c1-26-6-5-13(25-26)12-7-14(10-8-22-19(21)23-9-10)24-17-15(12)16(20)18(28-17)29(27)11-3-2-4-11/h5-9,11H,2-4,20H2,1H3,(H2,21,22,23). The molecule has 1 unspecified atom stereocenters. The lowest BCUT2D eigenvalue weighted by molar-refractivity contribution is 0.478. The lowest BCUT2D eigenvalue weighted by Crippen LogP contribution is -2.28. The van der Waals surface area contributed by atoms with Gasteiger partial charge in [-0.3, -0.25) is 4.68 Å². The van der Waals surface area contributed by atoms with E-state index >= 15 is 0 Å². The largest absolute Gasteiger partial charge is 0.611 e. The highest BCUT2D eigenvalue weighted by Crippen LogP contribution is 2.45. The van der Waals surface area contributed by atoms with Crippen molar-refractivity contribution in [2.75, 3.05) is 11.5 Å². The number of aryl methyl sites for hydroxylation is 1. The van der Waals surface area contributed by atoms with Crippen LogP contribution < -0.4 is 11.5 Å². The first-order valence-corrected chi connectivity index (χ1v) is 11.3. The highest BCUT2D eigenvalue weighted by Gasteiger charge is 2.35. The number of nitrogens with two attached hydrogens (primary N) is 2. The Morgan fingerprint density at radius 1 is 1.21 bits per heavy atom. The van der Waals surface area contributed by atoms with Crippen LogP contribution in [0.1, 0.15) is 19.3 Å². The Morgan fingerprint density at radius 3 is 2.59 bits per heavy atom. The number of nitrogens with zero attached hydrogens (tertiary/aromatic N) is 5. The van der Waals surface area contributed by atoms with Crippen LogP contribution in [-0.2, 0) is 18.2 Å². The molecule has 4 aromatic heterocycles. The van der Waals surface area contributed by atoms with E-state index < -0.39 is 11.2 Å². The topological polar surface area (TPSA) is 132 Å². The molecule has 0 bridgehead atoms. The van der Waals surface area contributed by atoms with Crippen molar-refractivity contribution in [2.24, 2.45) is 7.05 Å². The molecule has 1 aliphatic carbocycles. The Morgan fingerprint density at radius 2 is 1.97 bits per heavy atom. The molecule has 5 rings (SSSR count). The summed E-state index contributed by atoms with van der Waals surface area (Å²) in [5, 5.41) is 5.54. The molecular weight excluding hydrogens is 406 g/mol. The zero-order valence-electron chi connectivity index (χ0n) is 15.7. The normalized spacial score (nSPS) is 15.5. The molecule has 148 valence electrons. The maximum absolute atomic E-state index is 13.0. The minimum absolute atomic E-state index is 0.189. The number of thiophene rings is 1. The summed E-state index contributed by atoms with van der Waals surface area (Å²) in [7, 11) is 1.87. The summed E-state index contributed by atoms with van der Waals surface area (Å²) < 4.78 is 15.5. The van der Waals surface area contributed by atoms with Gasteiger partial charge in [0.25, 0.3) is 0 Å². The molecule has 4 aromatic rings. The van der Waals surface area contributed by atoms with Crippen LogP contribution in [0.2, 0.25) is 0 Å². The van der Waals surface area contributed by atoms with E-state index in [1.54, 1.807) is 17.1 Å². The first-order valence-electron chi connectivity index (χ1n) is 9.23. The molecule has 1 saturated carbocycles. The minimum Gasteiger partial charge on any atom is -0.611 e. The lowest BCUT2D eigenvalue weighted by Gasteiger charge is -2.26. The van der Waals surface area contributed by atoms with Crippen LogP contribution in [0.5, 0.6) is 0 Å². The second-order valence-electron chi connectivity index (χ2n) is 7.09. The first-order chi connectivity index (χ1) is 14.0. The molecule has 4 N–H and O–H groups in total. The highest BCUT2D eigenvalue weighted by atomic mass is 32.2. The van der Waals surface area contributed by atoms with Crippen LogP contribution in [0, 0.1) is 0 Å². The van der Waals surface area contributed by atoms with Crippen LogP contribution in [-0.4, -0.2) is 34.5 Å². The van der Waals surface area contributed by atoms with Gasteiger partial charge in [0.2, 0.25) is 10.2 Å². The van der Waals surface area contributed by atoms with Gasteiger partial charge in [-0.2, -0.15) is 5.10 Å². The van der Waals surface area contributed by atoms with Gasteiger partial charge in [-0.05, 0) is 31.4 Å². The van der Waals surface area contributed by atoms with Crippen molar-refractivity contribution in [1.29, 1.82) is 0 Å². The molecule has 0 aliphatic heterocycles. The van der Waals surface area contributed by atoms with Crippen LogP contribution in [0.4, 0.5) is 11.6 Å². The third-order valence-electron chi connectivity index (χ3n) is 5.16. The SMILES string of the molecule is Cn1ccc(-c2cc(-c3cnc(N)nc3)nc3sc([S+]([O-])C4CCC4)c(N)c23)n1. The fourth-order valence-corrected chi connectivity index (χ4v) is 6.58. The Hall–Kier alpha value is -2.69. The van der Waals surface area contributed by atoms with E-state index in [1.165, 1.54) is 11.3 Å². The summed E-state index contributed by atoms with van der Waals surface area (Å²) in [6, 6.07) is 3.86. The molecule has 0 aromatic carbocycles. The summed E-state index contributed by atoms with van der Waals surface area (Å²) in [6.07, 6.45) is 8.25. The molecule has 8 nitrogen and oxygen atoms in total. The molecule has 0 spiro atoms. The van der Waals surface area contributed by atoms with Crippen molar-refractivity contribution in [3.63, 3.8) is 0 Å². The number of nitrogen functional groups attached to an aromatic ring is 2. The predicted molar refractivity (Wildman–Crippen MR) is 116 cm³/mol. The molecule has 10 heteroatoms. The molecule has 1 fully saturated rings. The monoisotopic (exact) mass is 425 g/mol. The molecule has 0 radical (unpaired) electrons. The van der Waals surface area contributed by atoms with Gasteiger partial charge in [0.1, 0.15) is 15.8 Å². The van der Waals surface area contributed by atoms with Gasteiger partial charge in [0.05, 0.1) is 11.4 Å². The van der Waals surface area contributed by atoms with Crippen molar-refractivity contribution >= 4 is 44.4 Å². The summed E-state index contributed by atoms with van der Waals surface area (Å²) in [5.41, 5.74) is 15.7. The summed E-state index contributed by atoms with van der Waals surface area (Å²) in [5.74, 6) is 0.207. The Kier molecular flexibility index (Phi) is 4.41. The van der Waals surface area contributed by atoms with E-state index in [-0.39, 0.29) is 11.2 Å². The van der Waals surface area contributed by atoms with Gasteiger partial charge in [0, 0.05) is 53.3 Å². The molecule has 1 atom stereocenters. The number of fused-ring (bicyclic) bond motifs is 1. The predicted octanol–water partition coefficient (Wildman–Crippen LogP) is 2.98. The number of aromatic nitrogens is 5. The van der Waals surface area contributed by atoms with Gasteiger partial charge >= 0.3 is 0 Å². The second kappa shape index (κ2) is 6.97. The summed E-state index contributed by atoms with van der Waals surface area (Å²) in [4.78, 5) is 13.7. The third-order valence-corrected chi connectivity index (χ3v) is 8.46. The van der Waals surface area contributed by atoms with E-state index in [0.717, 1.165) is 46.3 Å². The molecule has 0 amide bonds. The lowest BCUT2D eigenvalue weighted by atomic mass is 10.0. The fourth-order valence-electron chi connectivity index (χ4n) is 3.37. The van der Waals surface area contributed by atoms with Crippen LogP contribution in [0.25, 0.3) is 32.7 Å². The Labute approximate surface area is 174 Å². The first kappa shape index (κ1) is 18.3. The minimum atomic E-state index is -1.11. The van der Waals surface area contributed by atoms with Gasteiger partial charge in [-0.1, -0.05) is 11.3 Å². The smallest absolute Gasteiger partial charge is 0.232 e. The summed E-state index contributed by atoms with van der Waals surface area (Å²) in [6.45, 7) is 0. The van der Waals surface area contributed by atoms with Crippen LogP contribution in [0.3, 0.4) is 0 Å². The van der Waals surface area contributed by atoms with Gasteiger partial charge in [0.15, 0.2) is 0 Å².